The smallest absolute Gasteiger partial charge is 0.252 e. The fourth-order valence-electron chi connectivity index (χ4n) is 1.46. The Kier molecular flexibility index (Phi) is 6.18. The number of nitrogens with one attached hydrogen (secondary N) is 2. The zero-order chi connectivity index (χ0) is 15.2. The molecule has 1 aromatic rings. The number of carbonyl (C=O) groups excluding carboxylic acids is 1. The van der Waals surface area contributed by atoms with E-state index in [1.807, 2.05) is 6.92 Å². The highest BCUT2D eigenvalue weighted by Gasteiger charge is 2.12. The van der Waals surface area contributed by atoms with Gasteiger partial charge in [0.2, 0.25) is 10.0 Å². The molecule has 1 aromatic heterocycles. The van der Waals surface area contributed by atoms with Crippen LogP contribution >= 0.6 is 11.6 Å². The number of amides is 1. The van der Waals surface area contributed by atoms with E-state index in [4.69, 9.17) is 16.7 Å². The summed E-state index contributed by atoms with van der Waals surface area (Å²) >= 11 is 5.91. The standard InChI is InChI=1S/C11H17ClN4O3S/c1-2-14-10-6-8(9(12)7-16-10)11(17)15-4-3-5-20(13,18)19/h6-7H,2-5H2,1H3,(H,14,16)(H,15,17)(H2,13,18,19). The van der Waals surface area contributed by atoms with Crippen molar-refractivity contribution < 1.29 is 13.2 Å². The van der Waals surface area contributed by atoms with Crippen molar-refractivity contribution in [3.63, 3.8) is 0 Å². The Morgan fingerprint density at radius 2 is 2.20 bits per heavy atom. The van der Waals surface area contributed by atoms with Gasteiger partial charge in [-0.15, -0.1) is 0 Å². The molecule has 4 N–H and O–H groups in total. The first-order valence-electron chi connectivity index (χ1n) is 6.01. The lowest BCUT2D eigenvalue weighted by Gasteiger charge is -2.08. The molecule has 0 spiro atoms. The van der Waals surface area contributed by atoms with Gasteiger partial charge in [-0.2, -0.15) is 0 Å². The Balaban J connectivity index is 2.60. The van der Waals surface area contributed by atoms with Gasteiger partial charge in [0.05, 0.1) is 16.3 Å². The number of aromatic nitrogens is 1. The summed E-state index contributed by atoms with van der Waals surface area (Å²) < 4.78 is 21.5. The summed E-state index contributed by atoms with van der Waals surface area (Å²) in [6, 6.07) is 1.54. The van der Waals surface area contributed by atoms with E-state index < -0.39 is 10.0 Å². The molecule has 0 unspecified atom stereocenters. The molecule has 0 bridgehead atoms. The summed E-state index contributed by atoms with van der Waals surface area (Å²) in [5.74, 6) is -0.0162. The summed E-state index contributed by atoms with van der Waals surface area (Å²) in [6.45, 7) is 2.78. The van der Waals surface area contributed by atoms with Gasteiger partial charge in [-0.3, -0.25) is 4.79 Å². The lowest BCUT2D eigenvalue weighted by molar-refractivity contribution is 0.0953. The molecule has 1 heterocycles. The van der Waals surface area contributed by atoms with Crippen molar-refractivity contribution in [3.05, 3.63) is 22.8 Å². The van der Waals surface area contributed by atoms with Crippen LogP contribution in [-0.4, -0.2) is 38.2 Å². The van der Waals surface area contributed by atoms with Crippen LogP contribution in [0.15, 0.2) is 12.3 Å². The molecule has 0 aromatic carbocycles. The highest BCUT2D eigenvalue weighted by atomic mass is 35.5. The normalized spacial score (nSPS) is 11.2. The summed E-state index contributed by atoms with van der Waals surface area (Å²) in [5.41, 5.74) is 0.285. The van der Waals surface area contributed by atoms with Gasteiger partial charge in [0.25, 0.3) is 5.91 Å². The molecule has 0 aliphatic heterocycles. The van der Waals surface area contributed by atoms with Crippen LogP contribution in [0.25, 0.3) is 0 Å². The van der Waals surface area contributed by atoms with E-state index in [0.29, 0.717) is 12.4 Å². The second-order valence-electron chi connectivity index (χ2n) is 4.06. The summed E-state index contributed by atoms with van der Waals surface area (Å²) in [6.07, 6.45) is 1.63. The molecular formula is C11H17ClN4O3S. The van der Waals surface area contributed by atoms with E-state index in [1.54, 1.807) is 6.07 Å². The van der Waals surface area contributed by atoms with Gasteiger partial charge in [-0.05, 0) is 19.4 Å². The molecule has 0 aliphatic carbocycles. The van der Waals surface area contributed by atoms with Crippen LogP contribution in [0.2, 0.25) is 5.02 Å². The van der Waals surface area contributed by atoms with E-state index in [0.717, 1.165) is 0 Å². The number of primary sulfonamides is 1. The third kappa shape index (κ3) is 5.72. The van der Waals surface area contributed by atoms with Gasteiger partial charge in [-0.25, -0.2) is 18.5 Å². The largest absolute Gasteiger partial charge is 0.370 e. The minimum absolute atomic E-state index is 0.181. The average Bonchev–Trinajstić information content (AvgIpc) is 2.36. The van der Waals surface area contributed by atoms with E-state index in [2.05, 4.69) is 15.6 Å². The molecule has 20 heavy (non-hydrogen) atoms. The number of hydrogen-bond acceptors (Lipinski definition) is 5. The predicted molar refractivity (Wildman–Crippen MR) is 78.3 cm³/mol. The number of sulfonamides is 1. The maximum Gasteiger partial charge on any atom is 0.252 e. The quantitative estimate of drug-likeness (QED) is 0.636. The van der Waals surface area contributed by atoms with Gasteiger partial charge in [0, 0.05) is 19.3 Å². The Hall–Kier alpha value is -1.38. The maximum absolute atomic E-state index is 11.9. The number of nitrogens with zero attached hydrogens (tertiary/aromatic N) is 1. The zero-order valence-corrected chi connectivity index (χ0v) is 12.6. The van der Waals surface area contributed by atoms with Crippen LogP contribution < -0.4 is 15.8 Å². The van der Waals surface area contributed by atoms with Gasteiger partial charge in [-0.1, -0.05) is 11.6 Å². The highest BCUT2D eigenvalue weighted by Crippen LogP contribution is 2.17. The van der Waals surface area contributed by atoms with Crippen LogP contribution in [0.1, 0.15) is 23.7 Å². The number of anilines is 1. The van der Waals surface area contributed by atoms with Crippen molar-refractivity contribution in [1.82, 2.24) is 10.3 Å². The van der Waals surface area contributed by atoms with Crippen molar-refractivity contribution in [1.29, 1.82) is 0 Å². The van der Waals surface area contributed by atoms with Gasteiger partial charge >= 0.3 is 0 Å². The number of hydrogen-bond donors (Lipinski definition) is 3. The van der Waals surface area contributed by atoms with Gasteiger partial charge < -0.3 is 10.6 Å². The molecule has 1 amide bonds. The number of pyridine rings is 1. The molecule has 1 rings (SSSR count). The first-order chi connectivity index (χ1) is 9.33. The second-order valence-corrected chi connectivity index (χ2v) is 6.20. The van der Waals surface area contributed by atoms with Crippen LogP contribution in [-0.2, 0) is 10.0 Å². The van der Waals surface area contributed by atoms with Crippen LogP contribution in [0, 0.1) is 0 Å². The molecule has 9 heteroatoms. The average molecular weight is 321 g/mol. The molecule has 0 saturated heterocycles. The Bertz CT molecular complexity index is 577. The zero-order valence-electron chi connectivity index (χ0n) is 11.0. The summed E-state index contributed by atoms with van der Waals surface area (Å²) in [5, 5.41) is 10.6. The summed E-state index contributed by atoms with van der Waals surface area (Å²) in [4.78, 5) is 15.9. The lowest BCUT2D eigenvalue weighted by atomic mass is 10.2. The number of nitrogens with two attached hydrogens (primary N) is 1. The van der Waals surface area contributed by atoms with Crippen molar-refractivity contribution in [3.8, 4) is 0 Å². The Labute approximate surface area is 123 Å². The number of halogens is 1. The lowest BCUT2D eigenvalue weighted by Crippen LogP contribution is -2.27. The predicted octanol–water partition coefficient (Wildman–Crippen LogP) is 0.575. The summed E-state index contributed by atoms with van der Waals surface area (Å²) in [7, 11) is -3.51. The van der Waals surface area contributed by atoms with Crippen molar-refractivity contribution in [2.75, 3.05) is 24.2 Å². The first-order valence-corrected chi connectivity index (χ1v) is 8.11. The second kappa shape index (κ2) is 7.41. The van der Waals surface area contributed by atoms with E-state index in [-0.39, 0.29) is 35.2 Å². The van der Waals surface area contributed by atoms with E-state index in [9.17, 15) is 13.2 Å². The van der Waals surface area contributed by atoms with E-state index in [1.165, 1.54) is 6.20 Å². The molecular weight excluding hydrogens is 304 g/mol. The molecule has 0 radical (unpaired) electrons. The SMILES string of the molecule is CCNc1cc(C(=O)NCCCS(N)(=O)=O)c(Cl)cn1. The van der Waals surface area contributed by atoms with Crippen molar-refractivity contribution >= 4 is 33.3 Å². The molecule has 7 nitrogen and oxygen atoms in total. The van der Waals surface area contributed by atoms with Gasteiger partial charge in [0.15, 0.2) is 0 Å². The van der Waals surface area contributed by atoms with E-state index >= 15 is 0 Å². The van der Waals surface area contributed by atoms with Crippen LogP contribution in [0.5, 0.6) is 0 Å². The van der Waals surface area contributed by atoms with Crippen LogP contribution in [0.3, 0.4) is 0 Å². The van der Waals surface area contributed by atoms with Crippen molar-refractivity contribution in [2.24, 2.45) is 5.14 Å². The van der Waals surface area contributed by atoms with Crippen molar-refractivity contribution in [2.45, 2.75) is 13.3 Å². The fraction of sp³-hybridized carbons (Fsp3) is 0.455. The Morgan fingerprint density at radius 1 is 1.50 bits per heavy atom. The fourth-order valence-corrected chi connectivity index (χ4v) is 2.20. The van der Waals surface area contributed by atoms with Crippen LogP contribution in [0.4, 0.5) is 5.82 Å². The number of carbonyl (C=O) groups is 1. The maximum atomic E-state index is 11.9. The molecule has 112 valence electrons. The third-order valence-corrected chi connectivity index (χ3v) is 3.51. The topological polar surface area (TPSA) is 114 Å². The number of rotatable bonds is 7. The molecule has 0 aliphatic rings. The van der Waals surface area contributed by atoms with Gasteiger partial charge in [0.1, 0.15) is 5.82 Å². The first kappa shape index (κ1) is 16.7. The molecule has 0 fully saturated rings. The third-order valence-electron chi connectivity index (χ3n) is 2.35. The monoisotopic (exact) mass is 320 g/mol. The molecule has 0 atom stereocenters. The Morgan fingerprint density at radius 3 is 2.80 bits per heavy atom. The highest BCUT2D eigenvalue weighted by molar-refractivity contribution is 7.89. The minimum atomic E-state index is -3.51. The molecule has 0 saturated carbocycles. The minimum Gasteiger partial charge on any atom is -0.370 e.